The van der Waals surface area contributed by atoms with E-state index < -0.39 is 0 Å². The molecule has 1 aromatic rings. The lowest BCUT2D eigenvalue weighted by atomic mass is 10.2. The first-order valence-electron chi connectivity index (χ1n) is 7.75. The van der Waals surface area contributed by atoms with Crippen LogP contribution in [0.4, 0.5) is 0 Å². The van der Waals surface area contributed by atoms with Crippen LogP contribution in [-0.4, -0.2) is 53.5 Å². The van der Waals surface area contributed by atoms with Crippen LogP contribution in [0.5, 0.6) is 0 Å². The van der Waals surface area contributed by atoms with E-state index in [9.17, 15) is 9.59 Å². The lowest BCUT2D eigenvalue weighted by Gasteiger charge is -2.35. The molecule has 0 radical (unpaired) electrons. The van der Waals surface area contributed by atoms with Crippen LogP contribution in [0.1, 0.15) is 31.0 Å². The number of carbonyl (C=O) groups excluding carboxylic acids is 2. The molecule has 2 heterocycles. The van der Waals surface area contributed by atoms with Gasteiger partial charge in [-0.3, -0.25) is 9.59 Å². The van der Waals surface area contributed by atoms with Gasteiger partial charge >= 0.3 is 0 Å². The van der Waals surface area contributed by atoms with Gasteiger partial charge in [-0.15, -0.1) is 11.3 Å². The van der Waals surface area contributed by atoms with Crippen LogP contribution in [0.15, 0.2) is 11.5 Å². The second kappa shape index (κ2) is 8.21. The molecule has 1 fully saturated rings. The fourth-order valence-electron chi connectivity index (χ4n) is 2.51. The van der Waals surface area contributed by atoms with E-state index in [-0.39, 0.29) is 24.0 Å². The zero-order valence-corrected chi connectivity index (χ0v) is 14.6. The number of hydrogen-bond donors (Lipinski definition) is 1. The summed E-state index contributed by atoms with van der Waals surface area (Å²) in [6.07, 6.45) is 3.53. The summed E-state index contributed by atoms with van der Waals surface area (Å²) in [6.45, 7) is 7.39. The summed E-state index contributed by atoms with van der Waals surface area (Å²) in [5.74, 6) is -0.168. The van der Waals surface area contributed by atoms with E-state index in [2.05, 4.69) is 10.3 Å². The van der Waals surface area contributed by atoms with Gasteiger partial charge in [-0.1, -0.05) is 0 Å². The first-order chi connectivity index (χ1) is 10.9. The van der Waals surface area contributed by atoms with E-state index in [1.54, 1.807) is 11.0 Å². The maximum absolute atomic E-state index is 12.1. The van der Waals surface area contributed by atoms with Gasteiger partial charge in [-0.05, 0) is 26.8 Å². The highest BCUT2D eigenvalue weighted by Gasteiger charge is 2.25. The van der Waals surface area contributed by atoms with E-state index in [0.717, 1.165) is 10.7 Å². The minimum atomic E-state index is -0.216. The minimum Gasteiger partial charge on any atom is -0.372 e. The number of aryl methyl sites for hydroxylation is 1. The molecule has 0 bridgehead atoms. The number of hydrogen-bond acceptors (Lipinski definition) is 5. The van der Waals surface area contributed by atoms with Crippen molar-refractivity contribution in [1.82, 2.24) is 15.2 Å². The number of carbonyl (C=O) groups is 2. The minimum absolute atomic E-state index is 0.0476. The maximum Gasteiger partial charge on any atom is 0.244 e. The summed E-state index contributed by atoms with van der Waals surface area (Å²) < 4.78 is 5.61. The van der Waals surface area contributed by atoms with Crippen molar-refractivity contribution in [3.63, 3.8) is 0 Å². The summed E-state index contributed by atoms with van der Waals surface area (Å²) in [4.78, 5) is 29.9. The molecule has 0 spiro atoms. The average Bonchev–Trinajstić information content (AvgIpc) is 2.89. The highest BCUT2D eigenvalue weighted by atomic mass is 32.1. The number of morpholine rings is 1. The number of thiazole rings is 1. The van der Waals surface area contributed by atoms with Gasteiger partial charge in [0.2, 0.25) is 11.8 Å². The number of nitrogens with zero attached hydrogens (tertiary/aromatic N) is 2. The third kappa shape index (κ3) is 5.76. The molecule has 1 saturated heterocycles. The predicted octanol–water partition coefficient (Wildman–Crippen LogP) is 1.61. The fourth-order valence-corrected chi connectivity index (χ4v) is 3.09. The molecule has 2 rings (SSSR count). The van der Waals surface area contributed by atoms with Crippen LogP contribution in [-0.2, 0) is 14.3 Å². The van der Waals surface area contributed by atoms with Crippen molar-refractivity contribution in [2.75, 3.05) is 19.6 Å². The topological polar surface area (TPSA) is 71.5 Å². The van der Waals surface area contributed by atoms with Crippen molar-refractivity contribution >= 4 is 29.2 Å². The smallest absolute Gasteiger partial charge is 0.244 e. The van der Waals surface area contributed by atoms with E-state index in [4.69, 9.17) is 4.74 Å². The first-order valence-corrected chi connectivity index (χ1v) is 8.63. The summed E-state index contributed by atoms with van der Waals surface area (Å²) >= 11 is 1.54. The zero-order valence-electron chi connectivity index (χ0n) is 13.7. The Hall–Kier alpha value is -1.73. The molecule has 7 heteroatoms. The van der Waals surface area contributed by atoms with Gasteiger partial charge in [0.05, 0.1) is 22.9 Å². The Balaban J connectivity index is 1.70. The average molecular weight is 337 g/mol. The third-order valence-electron chi connectivity index (χ3n) is 3.45. The molecule has 0 aromatic carbocycles. The Labute approximate surface area is 140 Å². The predicted molar refractivity (Wildman–Crippen MR) is 90.1 cm³/mol. The number of aromatic nitrogens is 1. The van der Waals surface area contributed by atoms with E-state index in [0.29, 0.717) is 26.1 Å². The Kier molecular flexibility index (Phi) is 6.29. The first kappa shape index (κ1) is 17.6. The fraction of sp³-hybridized carbons (Fsp3) is 0.562. The third-order valence-corrected chi connectivity index (χ3v) is 4.24. The number of ether oxygens (including phenoxy) is 1. The Morgan fingerprint density at radius 3 is 2.74 bits per heavy atom. The zero-order chi connectivity index (χ0) is 16.8. The van der Waals surface area contributed by atoms with E-state index in [1.165, 1.54) is 17.4 Å². The Bertz CT molecular complexity index is 575. The highest BCUT2D eigenvalue weighted by molar-refractivity contribution is 7.09. The summed E-state index contributed by atoms with van der Waals surface area (Å²) in [5, 5.41) is 5.58. The molecule has 6 nitrogen and oxygen atoms in total. The summed E-state index contributed by atoms with van der Waals surface area (Å²) in [6, 6.07) is 0. The molecule has 23 heavy (non-hydrogen) atoms. The normalized spacial score (nSPS) is 21.6. The van der Waals surface area contributed by atoms with E-state index in [1.807, 2.05) is 26.2 Å². The molecule has 2 amide bonds. The van der Waals surface area contributed by atoms with Crippen LogP contribution in [0.2, 0.25) is 0 Å². The van der Waals surface area contributed by atoms with Crippen molar-refractivity contribution in [3.05, 3.63) is 22.2 Å². The lowest BCUT2D eigenvalue weighted by Crippen LogP contribution is -2.48. The molecule has 2 atom stereocenters. The van der Waals surface area contributed by atoms with Gasteiger partial charge in [-0.25, -0.2) is 4.98 Å². The molecule has 1 aliphatic heterocycles. The Morgan fingerprint density at radius 2 is 2.13 bits per heavy atom. The molecule has 126 valence electrons. The molecule has 0 aliphatic carbocycles. The van der Waals surface area contributed by atoms with Gasteiger partial charge in [0, 0.05) is 37.5 Å². The van der Waals surface area contributed by atoms with Crippen molar-refractivity contribution in [1.29, 1.82) is 0 Å². The monoisotopic (exact) mass is 337 g/mol. The number of rotatable bonds is 5. The maximum atomic E-state index is 12.1. The molecular weight excluding hydrogens is 314 g/mol. The molecule has 1 aromatic heterocycles. The number of amides is 2. The van der Waals surface area contributed by atoms with Crippen LogP contribution < -0.4 is 5.32 Å². The van der Waals surface area contributed by atoms with Gasteiger partial charge in [-0.2, -0.15) is 0 Å². The van der Waals surface area contributed by atoms with Crippen molar-refractivity contribution in [3.8, 4) is 0 Å². The second-order valence-electron chi connectivity index (χ2n) is 5.72. The van der Waals surface area contributed by atoms with Crippen molar-refractivity contribution in [2.24, 2.45) is 0 Å². The Morgan fingerprint density at radius 1 is 1.43 bits per heavy atom. The highest BCUT2D eigenvalue weighted by Crippen LogP contribution is 2.11. The van der Waals surface area contributed by atoms with Gasteiger partial charge in [0.25, 0.3) is 0 Å². The van der Waals surface area contributed by atoms with Crippen molar-refractivity contribution in [2.45, 2.75) is 39.4 Å². The molecule has 0 saturated carbocycles. The largest absolute Gasteiger partial charge is 0.372 e. The van der Waals surface area contributed by atoms with Crippen molar-refractivity contribution < 1.29 is 14.3 Å². The van der Waals surface area contributed by atoms with E-state index >= 15 is 0 Å². The standard InChI is InChI=1S/C16H23N3O3S/c1-11-8-19(9-12(2)22-11)16(21)6-7-17-15(20)5-4-14-10-23-13(3)18-14/h4-5,10-12H,6-9H2,1-3H3,(H,17,20)/b5-4-/t11-,12-/m0/s1. The van der Waals surface area contributed by atoms with Crippen LogP contribution in [0.3, 0.4) is 0 Å². The van der Waals surface area contributed by atoms with Crippen LogP contribution >= 0.6 is 11.3 Å². The van der Waals surface area contributed by atoms with Crippen LogP contribution in [0, 0.1) is 6.92 Å². The molecular formula is C16H23N3O3S. The summed E-state index contributed by atoms with van der Waals surface area (Å²) in [7, 11) is 0. The molecule has 1 N–H and O–H groups in total. The number of nitrogens with one attached hydrogen (secondary N) is 1. The van der Waals surface area contributed by atoms with Gasteiger partial charge in [0.1, 0.15) is 0 Å². The summed E-state index contributed by atoms with van der Waals surface area (Å²) in [5.41, 5.74) is 0.773. The molecule has 1 aliphatic rings. The lowest BCUT2D eigenvalue weighted by molar-refractivity contribution is -0.143. The molecule has 0 unspecified atom stereocenters. The SMILES string of the molecule is Cc1nc(/C=C\C(=O)NCCC(=O)N2C[C@H](C)O[C@@H](C)C2)cs1. The van der Waals surface area contributed by atoms with Crippen LogP contribution in [0.25, 0.3) is 6.08 Å². The quantitative estimate of drug-likeness (QED) is 0.829. The van der Waals surface area contributed by atoms with Gasteiger partial charge in [0.15, 0.2) is 0 Å². The van der Waals surface area contributed by atoms with Gasteiger partial charge < -0.3 is 15.0 Å². The second-order valence-corrected chi connectivity index (χ2v) is 6.78.